The second-order valence-electron chi connectivity index (χ2n) is 10.8. The van der Waals surface area contributed by atoms with Crippen LogP contribution < -0.4 is 16.0 Å². The molecule has 0 bridgehead atoms. The lowest BCUT2D eigenvalue weighted by molar-refractivity contribution is -0.192. The number of anilines is 1. The Morgan fingerprint density at radius 3 is 2.10 bits per heavy atom. The molecule has 2 aromatic rings. The van der Waals surface area contributed by atoms with Crippen molar-refractivity contribution in [1.82, 2.24) is 10.6 Å². The van der Waals surface area contributed by atoms with Crippen molar-refractivity contribution in [2.24, 2.45) is 5.92 Å². The predicted octanol–water partition coefficient (Wildman–Crippen LogP) is 6.49. The minimum absolute atomic E-state index is 0.0204. The minimum atomic E-state index is -5.08. The molecule has 11 heteroatoms. The number of hydrogen-bond donors (Lipinski definition) is 4. The standard InChI is InChI=1S/C28H36FN3O2.C2HF3O2/c1-19(33)22-5-4-6-25(18-22)31-28(34)32-27-8-3-2-7-26(27)30-24-15-11-21(12-16-24)17-20-9-13-23(29)14-10-20;3-2(4,5)1(6)7/h4-6,9-10,13-14,18,21,24,26-27,30H,2-3,7-8,11-12,15-17H2,1H3,(H2,31,32,34);(H,6,7)/t21-,24-,26-,27-;/m0./s1. The molecular weight excluding hydrogens is 542 g/mol. The van der Waals surface area contributed by atoms with Crippen molar-refractivity contribution in [3.05, 3.63) is 65.5 Å². The molecule has 0 spiro atoms. The Labute approximate surface area is 237 Å². The van der Waals surface area contributed by atoms with Crippen LogP contribution in [0.15, 0.2) is 48.5 Å². The number of urea groups is 1. The van der Waals surface area contributed by atoms with Crippen LogP contribution in [0.4, 0.5) is 28.0 Å². The Balaban J connectivity index is 0.000000587. The van der Waals surface area contributed by atoms with E-state index >= 15 is 0 Å². The number of aliphatic carboxylic acids is 1. The van der Waals surface area contributed by atoms with Gasteiger partial charge in [0.2, 0.25) is 0 Å². The van der Waals surface area contributed by atoms with Gasteiger partial charge in [0.05, 0.1) is 0 Å². The second kappa shape index (κ2) is 15.0. The first-order valence-electron chi connectivity index (χ1n) is 13.9. The van der Waals surface area contributed by atoms with Gasteiger partial charge in [0.25, 0.3) is 0 Å². The number of carboxylic acids is 1. The summed E-state index contributed by atoms with van der Waals surface area (Å²) in [5, 5.41) is 17.0. The summed E-state index contributed by atoms with van der Waals surface area (Å²) in [5.74, 6) is -2.30. The van der Waals surface area contributed by atoms with E-state index in [1.807, 2.05) is 12.1 Å². The van der Waals surface area contributed by atoms with Gasteiger partial charge in [-0.2, -0.15) is 13.2 Å². The fourth-order valence-electron chi connectivity index (χ4n) is 5.44. The third-order valence-electron chi connectivity index (χ3n) is 7.59. The number of Topliss-reactive ketones (excluding diaryl/α,β-unsaturated/α-hetero) is 1. The molecule has 0 heterocycles. The van der Waals surface area contributed by atoms with Crippen molar-refractivity contribution in [3.63, 3.8) is 0 Å². The van der Waals surface area contributed by atoms with Crippen LogP contribution in [0.3, 0.4) is 0 Å². The molecule has 0 aliphatic heterocycles. The Morgan fingerprint density at radius 2 is 1.51 bits per heavy atom. The average molecular weight is 580 g/mol. The van der Waals surface area contributed by atoms with Crippen molar-refractivity contribution in [2.75, 3.05) is 5.32 Å². The lowest BCUT2D eigenvalue weighted by Crippen LogP contribution is -2.55. The van der Waals surface area contributed by atoms with E-state index in [0.29, 0.717) is 23.2 Å². The van der Waals surface area contributed by atoms with Gasteiger partial charge in [-0.25, -0.2) is 14.0 Å². The SMILES string of the molecule is CC(=O)c1cccc(NC(=O)N[C@H]2CCCC[C@@H]2N[C@H]2CC[C@H](Cc3ccc(F)cc3)CC2)c1.O=C(O)C(F)(F)F. The summed E-state index contributed by atoms with van der Waals surface area (Å²) < 4.78 is 44.9. The average Bonchev–Trinajstić information content (AvgIpc) is 2.92. The molecular formula is C30H37F4N3O4. The zero-order valence-corrected chi connectivity index (χ0v) is 23.0. The second-order valence-corrected chi connectivity index (χ2v) is 10.8. The van der Waals surface area contributed by atoms with Gasteiger partial charge >= 0.3 is 18.2 Å². The number of rotatable bonds is 7. The largest absolute Gasteiger partial charge is 0.490 e. The minimum Gasteiger partial charge on any atom is -0.475 e. The highest BCUT2D eigenvalue weighted by Crippen LogP contribution is 2.29. The van der Waals surface area contributed by atoms with E-state index < -0.39 is 12.1 Å². The summed E-state index contributed by atoms with van der Waals surface area (Å²) in [6, 6.07) is 14.6. The molecule has 2 saturated carbocycles. The van der Waals surface area contributed by atoms with Crippen LogP contribution in [-0.2, 0) is 11.2 Å². The number of ketones is 1. The summed E-state index contributed by atoms with van der Waals surface area (Å²) in [4.78, 5) is 33.2. The number of nitrogens with one attached hydrogen (secondary N) is 3. The Kier molecular flexibility index (Phi) is 11.7. The van der Waals surface area contributed by atoms with E-state index in [-0.39, 0.29) is 29.7 Å². The first-order chi connectivity index (χ1) is 19.4. The summed E-state index contributed by atoms with van der Waals surface area (Å²) in [6.45, 7) is 1.52. The third kappa shape index (κ3) is 10.8. The van der Waals surface area contributed by atoms with Crippen LogP contribution in [0.25, 0.3) is 0 Å². The van der Waals surface area contributed by atoms with Gasteiger partial charge in [-0.3, -0.25) is 4.79 Å². The van der Waals surface area contributed by atoms with E-state index in [4.69, 9.17) is 9.90 Å². The molecule has 0 saturated heterocycles. The molecule has 41 heavy (non-hydrogen) atoms. The number of alkyl halides is 3. The van der Waals surface area contributed by atoms with Gasteiger partial charge in [-0.15, -0.1) is 0 Å². The van der Waals surface area contributed by atoms with Crippen LogP contribution in [0, 0.1) is 11.7 Å². The molecule has 4 rings (SSSR count). The summed E-state index contributed by atoms with van der Waals surface area (Å²) in [7, 11) is 0. The maximum atomic E-state index is 13.2. The number of halogens is 4. The van der Waals surface area contributed by atoms with Crippen LogP contribution in [0.2, 0.25) is 0 Å². The van der Waals surface area contributed by atoms with Gasteiger partial charge in [-0.1, -0.05) is 37.1 Å². The van der Waals surface area contributed by atoms with Crippen molar-refractivity contribution in [3.8, 4) is 0 Å². The monoisotopic (exact) mass is 579 g/mol. The van der Waals surface area contributed by atoms with Crippen LogP contribution in [0.5, 0.6) is 0 Å². The van der Waals surface area contributed by atoms with Crippen LogP contribution in [-0.4, -0.2) is 47.2 Å². The third-order valence-corrected chi connectivity index (χ3v) is 7.59. The van der Waals surface area contributed by atoms with Crippen molar-refractivity contribution >= 4 is 23.5 Å². The van der Waals surface area contributed by atoms with Gasteiger partial charge in [0.15, 0.2) is 5.78 Å². The van der Waals surface area contributed by atoms with Crippen molar-refractivity contribution < 1.29 is 37.1 Å². The fraction of sp³-hybridized carbons (Fsp3) is 0.500. The number of carboxylic acid groups (broad SMARTS) is 1. The van der Waals surface area contributed by atoms with Crippen LogP contribution in [0.1, 0.15) is 74.2 Å². The molecule has 2 fully saturated rings. The number of benzene rings is 2. The van der Waals surface area contributed by atoms with E-state index in [2.05, 4.69) is 16.0 Å². The predicted molar refractivity (Wildman–Crippen MR) is 147 cm³/mol. The molecule has 7 nitrogen and oxygen atoms in total. The lowest BCUT2D eigenvalue weighted by atomic mass is 9.81. The summed E-state index contributed by atoms with van der Waals surface area (Å²) in [6.07, 6.45) is 4.90. The van der Waals surface area contributed by atoms with Crippen LogP contribution >= 0.6 is 0 Å². The quantitative estimate of drug-likeness (QED) is 0.222. The summed E-state index contributed by atoms with van der Waals surface area (Å²) in [5.41, 5.74) is 2.43. The maximum Gasteiger partial charge on any atom is 0.490 e. The molecule has 0 aromatic heterocycles. The highest BCUT2D eigenvalue weighted by atomic mass is 19.4. The Morgan fingerprint density at radius 1 is 0.902 bits per heavy atom. The first-order valence-corrected chi connectivity index (χ1v) is 13.9. The number of carbonyl (C=O) groups is 3. The van der Waals surface area contributed by atoms with Gasteiger partial charge < -0.3 is 21.1 Å². The highest BCUT2D eigenvalue weighted by Gasteiger charge is 2.38. The molecule has 0 unspecified atom stereocenters. The fourth-order valence-corrected chi connectivity index (χ4v) is 5.44. The number of amides is 2. The lowest BCUT2D eigenvalue weighted by Gasteiger charge is -2.38. The molecule has 2 atom stereocenters. The topological polar surface area (TPSA) is 108 Å². The zero-order chi connectivity index (χ0) is 30.0. The van der Waals surface area contributed by atoms with Crippen molar-refractivity contribution in [2.45, 2.75) is 89.0 Å². The first kappa shape index (κ1) is 32.0. The molecule has 2 amide bonds. The smallest absolute Gasteiger partial charge is 0.475 e. The Hall–Kier alpha value is -3.47. The number of carbonyl (C=O) groups excluding carboxylic acids is 2. The molecule has 2 aliphatic carbocycles. The zero-order valence-electron chi connectivity index (χ0n) is 23.0. The Bertz CT molecular complexity index is 1170. The molecule has 2 aromatic carbocycles. The van der Waals surface area contributed by atoms with E-state index in [1.54, 1.807) is 36.4 Å². The molecule has 4 N–H and O–H groups in total. The van der Waals surface area contributed by atoms with Gasteiger partial charge in [-0.05, 0) is 87.6 Å². The van der Waals surface area contributed by atoms with Gasteiger partial charge in [0.1, 0.15) is 5.82 Å². The van der Waals surface area contributed by atoms with E-state index in [9.17, 15) is 27.2 Å². The molecule has 0 radical (unpaired) electrons. The maximum absolute atomic E-state index is 13.2. The van der Waals surface area contributed by atoms with E-state index in [0.717, 1.165) is 38.5 Å². The number of hydrogen-bond acceptors (Lipinski definition) is 4. The molecule has 2 aliphatic rings. The van der Waals surface area contributed by atoms with Gasteiger partial charge in [0, 0.05) is 29.4 Å². The van der Waals surface area contributed by atoms with E-state index in [1.165, 1.54) is 31.7 Å². The highest BCUT2D eigenvalue weighted by molar-refractivity contribution is 5.96. The summed E-state index contributed by atoms with van der Waals surface area (Å²) >= 11 is 0. The molecule has 224 valence electrons. The normalized spacial score (nSPS) is 22.6. The van der Waals surface area contributed by atoms with Crippen molar-refractivity contribution in [1.29, 1.82) is 0 Å².